The highest BCUT2D eigenvalue weighted by atomic mass is 19.1. The van der Waals surface area contributed by atoms with E-state index in [1.165, 1.54) is 12.1 Å². The molecule has 0 radical (unpaired) electrons. The van der Waals surface area contributed by atoms with Crippen molar-refractivity contribution in [1.29, 1.82) is 0 Å². The molecular weight excluding hydrogens is 271 g/mol. The van der Waals surface area contributed by atoms with Gasteiger partial charge in [-0.25, -0.2) is 9.37 Å². The van der Waals surface area contributed by atoms with Crippen LogP contribution in [0.25, 0.3) is 5.69 Å². The monoisotopic (exact) mass is 288 g/mol. The number of carbonyl (C=O) groups is 1. The minimum atomic E-state index is -0.526. The molecule has 0 unspecified atom stereocenters. The molecule has 1 aromatic heterocycles. The highest BCUT2D eigenvalue weighted by molar-refractivity contribution is 5.94. The number of amides is 1. The van der Waals surface area contributed by atoms with E-state index in [1.807, 2.05) is 6.92 Å². The van der Waals surface area contributed by atoms with E-state index in [2.05, 4.69) is 15.6 Å². The van der Waals surface area contributed by atoms with E-state index < -0.39 is 5.82 Å². The number of aryl methyl sites for hydroxylation is 1. The second-order valence-corrected chi connectivity index (χ2v) is 5.25. The van der Waals surface area contributed by atoms with E-state index in [0.29, 0.717) is 5.69 Å². The maximum Gasteiger partial charge on any atom is 0.254 e. The van der Waals surface area contributed by atoms with Gasteiger partial charge in [0.15, 0.2) is 0 Å². The smallest absolute Gasteiger partial charge is 0.254 e. The Morgan fingerprint density at radius 2 is 2.38 bits per heavy atom. The van der Waals surface area contributed by atoms with E-state index in [-0.39, 0.29) is 17.5 Å². The van der Waals surface area contributed by atoms with Crippen LogP contribution < -0.4 is 10.6 Å². The Morgan fingerprint density at radius 3 is 3.00 bits per heavy atom. The molecule has 5 nitrogen and oxygen atoms in total. The highest BCUT2D eigenvalue weighted by Crippen LogP contribution is 2.15. The molecule has 1 aliphatic rings. The Labute approximate surface area is 122 Å². The average Bonchev–Trinajstić information content (AvgIpc) is 3.10. The maximum atomic E-state index is 14.2. The van der Waals surface area contributed by atoms with E-state index >= 15 is 0 Å². The molecular formula is C15H17FN4O. The number of rotatable bonds is 3. The fraction of sp³-hybridized carbons (Fsp3) is 0.333. The Hall–Kier alpha value is -2.21. The number of nitrogens with one attached hydrogen (secondary N) is 2. The van der Waals surface area contributed by atoms with Crippen molar-refractivity contribution in [2.75, 3.05) is 13.1 Å². The molecule has 0 spiro atoms. The predicted molar refractivity (Wildman–Crippen MR) is 77.0 cm³/mol. The predicted octanol–water partition coefficient (Wildman–Crippen LogP) is 1.41. The maximum absolute atomic E-state index is 14.2. The summed E-state index contributed by atoms with van der Waals surface area (Å²) in [5.41, 5.74) is 1.57. The van der Waals surface area contributed by atoms with Crippen molar-refractivity contribution < 1.29 is 9.18 Å². The van der Waals surface area contributed by atoms with Crippen LogP contribution in [0.2, 0.25) is 0 Å². The topological polar surface area (TPSA) is 59.0 Å². The standard InChI is InChI=1S/C15H17FN4O/c1-10-8-20(9-18-10)12-2-3-13(14(16)6-12)15(21)19-11-4-5-17-7-11/h2-3,6,8-9,11,17H,4-5,7H2,1H3,(H,19,21)/t11-/m1/s1. The molecule has 1 aromatic carbocycles. The van der Waals surface area contributed by atoms with Gasteiger partial charge in [-0.1, -0.05) is 0 Å². The molecule has 0 bridgehead atoms. The van der Waals surface area contributed by atoms with Crippen LogP contribution in [-0.2, 0) is 0 Å². The summed E-state index contributed by atoms with van der Waals surface area (Å²) in [6, 6.07) is 4.65. The third-order valence-corrected chi connectivity index (χ3v) is 3.60. The Kier molecular flexibility index (Phi) is 3.70. The Balaban J connectivity index is 1.79. The van der Waals surface area contributed by atoms with Gasteiger partial charge in [0.05, 0.1) is 17.6 Å². The summed E-state index contributed by atoms with van der Waals surface area (Å²) in [5.74, 6) is -0.892. The molecule has 6 heteroatoms. The molecule has 0 saturated carbocycles. The molecule has 2 aromatic rings. The van der Waals surface area contributed by atoms with Gasteiger partial charge in [-0.05, 0) is 38.1 Å². The summed E-state index contributed by atoms with van der Waals surface area (Å²) in [4.78, 5) is 16.2. The number of hydrogen-bond donors (Lipinski definition) is 2. The molecule has 1 amide bonds. The highest BCUT2D eigenvalue weighted by Gasteiger charge is 2.19. The van der Waals surface area contributed by atoms with Gasteiger partial charge in [0.25, 0.3) is 5.91 Å². The molecule has 3 rings (SSSR count). The second-order valence-electron chi connectivity index (χ2n) is 5.25. The summed E-state index contributed by atoms with van der Waals surface area (Å²) in [6.07, 6.45) is 4.30. The lowest BCUT2D eigenvalue weighted by molar-refractivity contribution is 0.0936. The second kappa shape index (κ2) is 5.65. The largest absolute Gasteiger partial charge is 0.348 e. The quantitative estimate of drug-likeness (QED) is 0.898. The number of aromatic nitrogens is 2. The molecule has 21 heavy (non-hydrogen) atoms. The van der Waals surface area contributed by atoms with Gasteiger partial charge in [0.1, 0.15) is 5.82 Å². The third kappa shape index (κ3) is 2.95. The van der Waals surface area contributed by atoms with Crippen LogP contribution in [0.5, 0.6) is 0 Å². The fourth-order valence-electron chi connectivity index (χ4n) is 2.45. The lowest BCUT2D eigenvalue weighted by Gasteiger charge is -2.12. The van der Waals surface area contributed by atoms with Crippen LogP contribution in [-0.4, -0.2) is 34.6 Å². The van der Waals surface area contributed by atoms with Crippen molar-refractivity contribution in [2.24, 2.45) is 0 Å². The van der Waals surface area contributed by atoms with Gasteiger partial charge in [0.2, 0.25) is 0 Å². The number of carbonyl (C=O) groups excluding carboxylic acids is 1. The number of benzene rings is 1. The molecule has 1 saturated heterocycles. The van der Waals surface area contributed by atoms with Crippen LogP contribution in [0.1, 0.15) is 22.5 Å². The van der Waals surface area contributed by atoms with Crippen LogP contribution >= 0.6 is 0 Å². The van der Waals surface area contributed by atoms with Gasteiger partial charge < -0.3 is 15.2 Å². The molecule has 0 aliphatic carbocycles. The SMILES string of the molecule is Cc1cn(-c2ccc(C(=O)N[C@@H]3CCNC3)c(F)c2)cn1. The van der Waals surface area contributed by atoms with Crippen LogP contribution in [0.15, 0.2) is 30.7 Å². The zero-order valence-corrected chi connectivity index (χ0v) is 11.8. The molecule has 2 N–H and O–H groups in total. The normalized spacial score (nSPS) is 17.9. The number of nitrogens with zero attached hydrogens (tertiary/aromatic N) is 2. The Morgan fingerprint density at radius 1 is 1.52 bits per heavy atom. The zero-order chi connectivity index (χ0) is 14.8. The van der Waals surface area contributed by atoms with Crippen LogP contribution in [0, 0.1) is 12.7 Å². The minimum absolute atomic E-state index is 0.0717. The third-order valence-electron chi connectivity index (χ3n) is 3.60. The van der Waals surface area contributed by atoms with Crippen molar-refractivity contribution in [3.63, 3.8) is 0 Å². The first-order valence-electron chi connectivity index (χ1n) is 6.95. The summed E-state index contributed by atoms with van der Waals surface area (Å²) in [7, 11) is 0. The van der Waals surface area contributed by atoms with Gasteiger partial charge in [-0.15, -0.1) is 0 Å². The number of imidazole rings is 1. The first-order valence-corrected chi connectivity index (χ1v) is 6.95. The summed E-state index contributed by atoms with van der Waals surface area (Å²) in [6.45, 7) is 3.48. The Bertz CT molecular complexity index is 661. The van der Waals surface area contributed by atoms with E-state index in [4.69, 9.17) is 0 Å². The van der Waals surface area contributed by atoms with Crippen molar-refractivity contribution in [3.8, 4) is 5.69 Å². The number of hydrogen-bond acceptors (Lipinski definition) is 3. The molecule has 110 valence electrons. The number of halogens is 1. The van der Waals surface area contributed by atoms with Crippen molar-refractivity contribution in [3.05, 3.63) is 47.8 Å². The van der Waals surface area contributed by atoms with Crippen molar-refractivity contribution in [1.82, 2.24) is 20.2 Å². The van der Waals surface area contributed by atoms with E-state index in [9.17, 15) is 9.18 Å². The molecule has 2 heterocycles. The lowest BCUT2D eigenvalue weighted by atomic mass is 10.1. The first kappa shape index (κ1) is 13.8. The average molecular weight is 288 g/mol. The zero-order valence-electron chi connectivity index (χ0n) is 11.8. The summed E-state index contributed by atoms with van der Waals surface area (Å²) < 4.78 is 15.9. The lowest BCUT2D eigenvalue weighted by Crippen LogP contribution is -2.36. The van der Waals surface area contributed by atoms with Gasteiger partial charge >= 0.3 is 0 Å². The summed E-state index contributed by atoms with van der Waals surface area (Å²) >= 11 is 0. The molecule has 1 atom stereocenters. The minimum Gasteiger partial charge on any atom is -0.348 e. The molecule has 1 aliphatic heterocycles. The first-order chi connectivity index (χ1) is 10.1. The van der Waals surface area contributed by atoms with E-state index in [1.54, 1.807) is 23.2 Å². The van der Waals surface area contributed by atoms with Gasteiger partial charge in [-0.3, -0.25) is 4.79 Å². The summed E-state index contributed by atoms with van der Waals surface area (Å²) in [5, 5.41) is 6.00. The van der Waals surface area contributed by atoms with Crippen LogP contribution in [0.4, 0.5) is 4.39 Å². The van der Waals surface area contributed by atoms with Crippen molar-refractivity contribution >= 4 is 5.91 Å². The van der Waals surface area contributed by atoms with Gasteiger partial charge in [0, 0.05) is 24.5 Å². The van der Waals surface area contributed by atoms with Crippen LogP contribution in [0.3, 0.4) is 0 Å². The van der Waals surface area contributed by atoms with Crippen molar-refractivity contribution in [2.45, 2.75) is 19.4 Å². The fourth-order valence-corrected chi connectivity index (χ4v) is 2.45. The van der Waals surface area contributed by atoms with E-state index in [0.717, 1.165) is 25.2 Å². The molecule has 1 fully saturated rings. The van der Waals surface area contributed by atoms with Gasteiger partial charge in [-0.2, -0.15) is 0 Å².